The number of halogens is 1. The number of hydrogen-bond acceptors (Lipinski definition) is 5. The van der Waals surface area contributed by atoms with E-state index in [1.165, 1.54) is 23.1 Å². The lowest BCUT2D eigenvalue weighted by Gasteiger charge is -2.27. The number of carbonyl (C=O) groups excluding carboxylic acids is 2. The maximum Gasteiger partial charge on any atom is 0.414 e. The van der Waals surface area contributed by atoms with E-state index in [1.54, 1.807) is 54.1 Å². The number of rotatable bonds is 7. The van der Waals surface area contributed by atoms with Gasteiger partial charge in [-0.3, -0.25) is 14.4 Å². The Morgan fingerprint density at radius 2 is 1.82 bits per heavy atom. The number of nitrogens with zero attached hydrogens (tertiary/aromatic N) is 4. The number of anilines is 3. The number of aromatic nitrogens is 2. The molecule has 0 saturated carbocycles. The van der Waals surface area contributed by atoms with E-state index in [2.05, 4.69) is 10.4 Å². The van der Waals surface area contributed by atoms with Crippen molar-refractivity contribution in [2.45, 2.75) is 32.9 Å². The molecule has 1 heterocycles. The lowest BCUT2D eigenvalue weighted by molar-refractivity contribution is 0.0578. The molecule has 3 aromatic rings. The van der Waals surface area contributed by atoms with Crippen molar-refractivity contribution in [1.29, 1.82) is 0 Å². The van der Waals surface area contributed by atoms with Gasteiger partial charge < -0.3 is 15.0 Å². The molecule has 0 bridgehead atoms. The van der Waals surface area contributed by atoms with Gasteiger partial charge in [0.25, 0.3) is 5.91 Å². The SMILES string of the molecule is CN(C)c1cc(F)ccc1C(=O)Nc1ccc(N(CCn2cccn2)C(=O)OC(C)(C)C)cc1. The van der Waals surface area contributed by atoms with Crippen molar-refractivity contribution >= 4 is 29.1 Å². The van der Waals surface area contributed by atoms with Crippen LogP contribution >= 0.6 is 0 Å². The summed E-state index contributed by atoms with van der Waals surface area (Å²) in [5, 5.41) is 7.00. The third-order valence-corrected chi connectivity index (χ3v) is 4.85. The minimum Gasteiger partial charge on any atom is -0.443 e. The number of amides is 2. The molecular formula is C25H30FN5O3. The van der Waals surface area contributed by atoms with Gasteiger partial charge in [0, 0.05) is 44.4 Å². The van der Waals surface area contributed by atoms with Gasteiger partial charge in [0.2, 0.25) is 0 Å². The van der Waals surface area contributed by atoms with Crippen LogP contribution in [0.1, 0.15) is 31.1 Å². The summed E-state index contributed by atoms with van der Waals surface area (Å²) in [7, 11) is 3.49. The van der Waals surface area contributed by atoms with Crippen molar-refractivity contribution in [3.8, 4) is 0 Å². The summed E-state index contributed by atoms with van der Waals surface area (Å²) in [6.45, 7) is 6.28. The van der Waals surface area contributed by atoms with Gasteiger partial charge in [-0.2, -0.15) is 5.10 Å². The van der Waals surface area contributed by atoms with E-state index < -0.39 is 17.5 Å². The Morgan fingerprint density at radius 1 is 1.12 bits per heavy atom. The third-order valence-electron chi connectivity index (χ3n) is 4.85. The molecule has 0 saturated heterocycles. The topological polar surface area (TPSA) is 79.7 Å². The van der Waals surface area contributed by atoms with Gasteiger partial charge in [0.1, 0.15) is 11.4 Å². The minimum absolute atomic E-state index is 0.351. The molecule has 2 aromatic carbocycles. The van der Waals surface area contributed by atoms with Crippen LogP contribution in [0.3, 0.4) is 0 Å². The first-order chi connectivity index (χ1) is 16.0. The van der Waals surface area contributed by atoms with E-state index in [1.807, 2.05) is 33.0 Å². The van der Waals surface area contributed by atoms with Crippen LogP contribution in [-0.2, 0) is 11.3 Å². The van der Waals surface area contributed by atoms with Gasteiger partial charge in [-0.15, -0.1) is 0 Å². The van der Waals surface area contributed by atoms with E-state index in [0.717, 1.165) is 0 Å². The lowest BCUT2D eigenvalue weighted by atomic mass is 10.1. The molecule has 0 aliphatic heterocycles. The molecule has 0 fully saturated rings. The second-order valence-electron chi connectivity index (χ2n) is 8.96. The monoisotopic (exact) mass is 467 g/mol. The normalized spacial score (nSPS) is 11.1. The fourth-order valence-corrected chi connectivity index (χ4v) is 3.27. The number of nitrogens with one attached hydrogen (secondary N) is 1. The fourth-order valence-electron chi connectivity index (χ4n) is 3.27. The first-order valence-corrected chi connectivity index (χ1v) is 10.9. The number of hydrogen-bond donors (Lipinski definition) is 1. The standard InChI is InChI=1S/C25H30FN5O3/c1-25(2,3)34-24(33)31(16-15-30-14-6-13-27-30)20-10-8-19(9-11-20)28-23(32)21-12-7-18(26)17-22(21)29(4)5/h6-14,17H,15-16H2,1-5H3,(H,28,32). The first kappa shape index (κ1) is 24.8. The van der Waals surface area contributed by atoms with E-state index in [4.69, 9.17) is 4.74 Å². The molecule has 0 spiro atoms. The summed E-state index contributed by atoms with van der Waals surface area (Å²) < 4.78 is 20.9. The summed E-state index contributed by atoms with van der Waals surface area (Å²) in [6, 6.07) is 12.7. The van der Waals surface area contributed by atoms with Crippen molar-refractivity contribution < 1.29 is 18.7 Å². The summed E-state index contributed by atoms with van der Waals surface area (Å²) in [5.74, 6) is -0.777. The zero-order chi connectivity index (χ0) is 24.9. The van der Waals surface area contributed by atoms with Crippen LogP contribution in [0.2, 0.25) is 0 Å². The van der Waals surface area contributed by atoms with Crippen molar-refractivity contribution in [3.63, 3.8) is 0 Å². The quantitative estimate of drug-likeness (QED) is 0.541. The predicted octanol–water partition coefficient (Wildman–Crippen LogP) is 4.78. The average Bonchev–Trinajstić information content (AvgIpc) is 3.27. The molecule has 2 amide bonds. The van der Waals surface area contributed by atoms with Gasteiger partial charge in [-0.05, 0) is 69.3 Å². The second-order valence-corrected chi connectivity index (χ2v) is 8.96. The molecule has 1 N–H and O–H groups in total. The van der Waals surface area contributed by atoms with Crippen LogP contribution in [-0.4, -0.2) is 48.0 Å². The molecule has 0 aliphatic rings. The van der Waals surface area contributed by atoms with E-state index >= 15 is 0 Å². The van der Waals surface area contributed by atoms with Gasteiger partial charge in [0.05, 0.1) is 17.8 Å². The van der Waals surface area contributed by atoms with Gasteiger partial charge in [-0.1, -0.05) is 0 Å². The van der Waals surface area contributed by atoms with Crippen LogP contribution in [0.5, 0.6) is 0 Å². The minimum atomic E-state index is -0.645. The highest BCUT2D eigenvalue weighted by atomic mass is 19.1. The number of carbonyl (C=O) groups is 2. The number of ether oxygens (including phenoxy) is 1. The Kier molecular flexibility index (Phi) is 7.55. The summed E-state index contributed by atoms with van der Waals surface area (Å²) in [6.07, 6.45) is 3.03. The molecule has 0 radical (unpaired) electrons. The van der Waals surface area contributed by atoms with Crippen molar-refractivity contribution in [2.75, 3.05) is 35.8 Å². The molecule has 9 heteroatoms. The van der Waals surface area contributed by atoms with E-state index in [0.29, 0.717) is 35.7 Å². The molecule has 8 nitrogen and oxygen atoms in total. The largest absolute Gasteiger partial charge is 0.443 e. The molecule has 0 unspecified atom stereocenters. The van der Waals surface area contributed by atoms with Crippen molar-refractivity contribution in [2.24, 2.45) is 0 Å². The number of benzene rings is 2. The van der Waals surface area contributed by atoms with Gasteiger partial charge in [0.15, 0.2) is 0 Å². The predicted molar refractivity (Wildman–Crippen MR) is 131 cm³/mol. The Morgan fingerprint density at radius 3 is 2.41 bits per heavy atom. The smallest absolute Gasteiger partial charge is 0.414 e. The van der Waals surface area contributed by atoms with Crippen LogP contribution in [0.15, 0.2) is 60.9 Å². The third kappa shape index (κ3) is 6.57. The summed E-state index contributed by atoms with van der Waals surface area (Å²) in [5.41, 5.74) is 1.34. The zero-order valence-electron chi connectivity index (χ0n) is 20.1. The summed E-state index contributed by atoms with van der Waals surface area (Å²) >= 11 is 0. The molecular weight excluding hydrogens is 437 g/mol. The molecule has 0 atom stereocenters. The second kappa shape index (κ2) is 10.4. The fraction of sp³-hybridized carbons (Fsp3) is 0.320. The van der Waals surface area contributed by atoms with E-state index in [9.17, 15) is 14.0 Å². The highest BCUT2D eigenvalue weighted by molar-refractivity contribution is 6.08. The Hall–Kier alpha value is -3.88. The van der Waals surface area contributed by atoms with Crippen LogP contribution < -0.4 is 15.1 Å². The maximum absolute atomic E-state index is 13.6. The van der Waals surface area contributed by atoms with Gasteiger partial charge in [-0.25, -0.2) is 9.18 Å². The summed E-state index contributed by atoms with van der Waals surface area (Å²) in [4.78, 5) is 28.9. The van der Waals surface area contributed by atoms with Crippen LogP contribution in [0, 0.1) is 5.82 Å². The zero-order valence-corrected chi connectivity index (χ0v) is 20.1. The molecule has 34 heavy (non-hydrogen) atoms. The molecule has 1 aromatic heterocycles. The van der Waals surface area contributed by atoms with E-state index in [-0.39, 0.29) is 5.91 Å². The Labute approximate surface area is 198 Å². The average molecular weight is 468 g/mol. The Balaban J connectivity index is 1.77. The molecule has 3 rings (SSSR count). The van der Waals surface area contributed by atoms with Crippen molar-refractivity contribution in [3.05, 3.63) is 72.3 Å². The first-order valence-electron chi connectivity index (χ1n) is 10.9. The van der Waals surface area contributed by atoms with Crippen LogP contribution in [0.4, 0.5) is 26.2 Å². The lowest BCUT2D eigenvalue weighted by Crippen LogP contribution is -2.38. The van der Waals surface area contributed by atoms with Gasteiger partial charge >= 0.3 is 6.09 Å². The maximum atomic E-state index is 13.6. The van der Waals surface area contributed by atoms with Crippen molar-refractivity contribution in [1.82, 2.24) is 9.78 Å². The molecule has 0 aliphatic carbocycles. The molecule has 180 valence electrons. The highest BCUT2D eigenvalue weighted by Crippen LogP contribution is 2.24. The highest BCUT2D eigenvalue weighted by Gasteiger charge is 2.23. The van der Waals surface area contributed by atoms with Crippen LogP contribution in [0.25, 0.3) is 0 Å². The Bertz CT molecular complexity index is 1120.